The number of rotatable bonds is 8. The smallest absolute Gasteiger partial charge is 0.238 e. The average molecular weight is 397 g/mol. The Bertz CT molecular complexity index is 881. The van der Waals surface area contributed by atoms with Crippen molar-refractivity contribution in [3.05, 3.63) is 71.8 Å². The molecular formula is C20H20N4OS2. The Morgan fingerprint density at radius 3 is 2.48 bits per heavy atom. The van der Waals surface area contributed by atoms with Gasteiger partial charge in [-0.2, -0.15) is 0 Å². The van der Waals surface area contributed by atoms with Crippen LogP contribution in [0.3, 0.4) is 0 Å². The van der Waals surface area contributed by atoms with Gasteiger partial charge >= 0.3 is 0 Å². The normalized spacial score (nSPS) is 14.5. The van der Waals surface area contributed by atoms with Crippen LogP contribution in [0.25, 0.3) is 0 Å². The van der Waals surface area contributed by atoms with Crippen molar-refractivity contribution in [3.8, 4) is 0 Å². The van der Waals surface area contributed by atoms with E-state index in [0.29, 0.717) is 12.6 Å². The molecule has 27 heavy (non-hydrogen) atoms. The molecule has 4 rings (SSSR count). The summed E-state index contributed by atoms with van der Waals surface area (Å²) in [6.07, 6.45) is 2.15. The predicted molar refractivity (Wildman–Crippen MR) is 110 cm³/mol. The molecule has 3 aromatic rings. The Kier molecular flexibility index (Phi) is 5.69. The first-order chi connectivity index (χ1) is 13.3. The molecule has 1 aliphatic rings. The number of hydrogen-bond acceptors (Lipinski definition) is 6. The van der Waals surface area contributed by atoms with E-state index in [9.17, 15) is 4.79 Å². The Morgan fingerprint density at radius 2 is 1.78 bits per heavy atom. The molecule has 1 amide bonds. The van der Waals surface area contributed by atoms with Gasteiger partial charge in [-0.25, -0.2) is 0 Å². The molecular weight excluding hydrogens is 376 g/mol. The molecule has 138 valence electrons. The van der Waals surface area contributed by atoms with E-state index >= 15 is 0 Å². The van der Waals surface area contributed by atoms with Crippen molar-refractivity contribution in [2.75, 3.05) is 5.32 Å². The molecule has 0 unspecified atom stereocenters. The van der Waals surface area contributed by atoms with Crippen LogP contribution in [0.1, 0.15) is 29.2 Å². The monoisotopic (exact) mass is 396 g/mol. The van der Waals surface area contributed by atoms with E-state index in [1.54, 1.807) is 0 Å². The first-order valence-corrected chi connectivity index (χ1v) is 10.6. The van der Waals surface area contributed by atoms with E-state index < -0.39 is 0 Å². The van der Waals surface area contributed by atoms with Crippen LogP contribution < -0.4 is 10.6 Å². The summed E-state index contributed by atoms with van der Waals surface area (Å²) < 4.78 is 0.783. The van der Waals surface area contributed by atoms with Crippen LogP contribution in [0, 0.1) is 0 Å². The number of anilines is 1. The summed E-state index contributed by atoms with van der Waals surface area (Å²) in [6.45, 7) is 0.699. The number of amides is 1. The summed E-state index contributed by atoms with van der Waals surface area (Å²) in [5.41, 5.74) is 2.17. The van der Waals surface area contributed by atoms with Gasteiger partial charge in [0.15, 0.2) is 4.34 Å². The summed E-state index contributed by atoms with van der Waals surface area (Å²) in [4.78, 5) is 12.7. The maximum absolute atomic E-state index is 12.7. The Labute approximate surface area is 166 Å². The second-order valence-electron chi connectivity index (χ2n) is 6.40. The highest BCUT2D eigenvalue weighted by molar-refractivity contribution is 8.01. The molecule has 1 aromatic heterocycles. The lowest BCUT2D eigenvalue weighted by Crippen LogP contribution is -2.29. The summed E-state index contributed by atoms with van der Waals surface area (Å²) in [5, 5.41) is 15.3. The van der Waals surface area contributed by atoms with Crippen LogP contribution in [0.5, 0.6) is 0 Å². The van der Waals surface area contributed by atoms with Gasteiger partial charge in [-0.3, -0.25) is 4.79 Å². The second-order valence-corrected chi connectivity index (χ2v) is 8.73. The van der Waals surface area contributed by atoms with E-state index in [1.165, 1.54) is 28.7 Å². The van der Waals surface area contributed by atoms with E-state index in [1.807, 2.05) is 48.5 Å². The van der Waals surface area contributed by atoms with Crippen molar-refractivity contribution in [1.29, 1.82) is 0 Å². The fraction of sp³-hybridized carbons (Fsp3) is 0.250. The number of hydrogen-bond donors (Lipinski definition) is 2. The summed E-state index contributed by atoms with van der Waals surface area (Å²) in [7, 11) is 0. The van der Waals surface area contributed by atoms with Gasteiger partial charge in [-0.1, -0.05) is 83.8 Å². The van der Waals surface area contributed by atoms with Crippen LogP contribution in [-0.2, 0) is 11.3 Å². The van der Waals surface area contributed by atoms with Crippen LogP contribution in [0.4, 0.5) is 5.13 Å². The van der Waals surface area contributed by atoms with Crippen LogP contribution >= 0.6 is 23.1 Å². The lowest BCUT2D eigenvalue weighted by atomic mass is 10.1. The maximum Gasteiger partial charge on any atom is 0.238 e. The fourth-order valence-electron chi connectivity index (χ4n) is 2.61. The van der Waals surface area contributed by atoms with Gasteiger partial charge in [0.1, 0.15) is 5.25 Å². The minimum atomic E-state index is -0.318. The highest BCUT2D eigenvalue weighted by atomic mass is 32.2. The predicted octanol–water partition coefficient (Wildman–Crippen LogP) is 4.26. The van der Waals surface area contributed by atoms with E-state index in [-0.39, 0.29) is 11.2 Å². The number of thioether (sulfide) groups is 1. The topological polar surface area (TPSA) is 66.9 Å². The Balaban J connectivity index is 1.43. The third-order valence-electron chi connectivity index (χ3n) is 4.18. The van der Waals surface area contributed by atoms with Gasteiger partial charge in [-0.05, 0) is 24.0 Å². The van der Waals surface area contributed by atoms with Crippen molar-refractivity contribution in [2.24, 2.45) is 0 Å². The van der Waals surface area contributed by atoms with Gasteiger partial charge in [-0.15, -0.1) is 10.2 Å². The molecule has 0 saturated heterocycles. The lowest BCUT2D eigenvalue weighted by Gasteiger charge is -2.15. The molecule has 7 heteroatoms. The molecule has 1 aliphatic carbocycles. The largest absolute Gasteiger partial charge is 0.356 e. The quantitative estimate of drug-likeness (QED) is 0.557. The standard InChI is InChI=1S/C20H20N4OS2/c25-18(22-16-11-12-16)17(15-9-5-2-6-10-15)26-20-24-23-19(27-20)21-13-14-7-3-1-4-8-14/h1-10,16-17H,11-13H2,(H,21,23)(H,22,25)/t17-/m0/s1. The van der Waals surface area contributed by atoms with Crippen molar-refractivity contribution in [3.63, 3.8) is 0 Å². The van der Waals surface area contributed by atoms with Crippen molar-refractivity contribution in [1.82, 2.24) is 15.5 Å². The molecule has 0 bridgehead atoms. The van der Waals surface area contributed by atoms with Gasteiger partial charge < -0.3 is 10.6 Å². The number of benzene rings is 2. The SMILES string of the molecule is O=C(NC1CC1)[C@@H](Sc1nnc(NCc2ccccc2)s1)c1ccccc1. The Hall–Kier alpha value is -2.38. The molecule has 1 saturated carbocycles. The van der Waals surface area contributed by atoms with Crippen molar-refractivity contribution < 1.29 is 4.79 Å². The summed E-state index contributed by atoms with van der Waals surface area (Å²) >= 11 is 2.93. The fourth-order valence-corrected chi connectivity index (χ4v) is 4.56. The lowest BCUT2D eigenvalue weighted by molar-refractivity contribution is -0.120. The van der Waals surface area contributed by atoms with Crippen molar-refractivity contribution in [2.45, 2.75) is 35.0 Å². The first kappa shape index (κ1) is 18.0. The molecule has 2 N–H and O–H groups in total. The number of nitrogens with zero attached hydrogens (tertiary/aromatic N) is 2. The highest BCUT2D eigenvalue weighted by Crippen LogP contribution is 2.38. The van der Waals surface area contributed by atoms with Gasteiger partial charge in [0, 0.05) is 12.6 Å². The minimum absolute atomic E-state index is 0.0442. The molecule has 2 aromatic carbocycles. The zero-order valence-corrected chi connectivity index (χ0v) is 16.3. The average Bonchev–Trinajstić information content (AvgIpc) is 3.41. The molecule has 1 atom stereocenters. The van der Waals surface area contributed by atoms with E-state index in [4.69, 9.17) is 0 Å². The van der Waals surface area contributed by atoms with Crippen LogP contribution in [-0.4, -0.2) is 22.1 Å². The molecule has 1 fully saturated rings. The Morgan fingerprint density at radius 1 is 1.07 bits per heavy atom. The zero-order valence-electron chi connectivity index (χ0n) is 14.7. The maximum atomic E-state index is 12.7. The van der Waals surface area contributed by atoms with Crippen molar-refractivity contribution >= 4 is 34.1 Å². The molecule has 5 nitrogen and oxygen atoms in total. The molecule has 0 spiro atoms. The minimum Gasteiger partial charge on any atom is -0.356 e. The molecule has 1 heterocycles. The third kappa shape index (κ3) is 5.08. The highest BCUT2D eigenvalue weighted by Gasteiger charge is 2.29. The first-order valence-electron chi connectivity index (χ1n) is 8.91. The number of carbonyl (C=O) groups excluding carboxylic acids is 1. The van der Waals surface area contributed by atoms with Crippen LogP contribution in [0.2, 0.25) is 0 Å². The molecule has 0 radical (unpaired) electrons. The zero-order chi connectivity index (χ0) is 18.5. The molecule has 0 aliphatic heterocycles. The van der Waals surface area contributed by atoms with Gasteiger partial charge in [0.25, 0.3) is 0 Å². The number of carbonyl (C=O) groups is 1. The van der Waals surface area contributed by atoms with Gasteiger partial charge in [0.2, 0.25) is 11.0 Å². The van der Waals surface area contributed by atoms with E-state index in [2.05, 4.69) is 33.0 Å². The van der Waals surface area contributed by atoms with E-state index in [0.717, 1.165) is 27.9 Å². The summed E-state index contributed by atoms with van der Waals surface area (Å²) in [5.74, 6) is 0.0442. The second kappa shape index (κ2) is 8.54. The van der Waals surface area contributed by atoms with Gasteiger partial charge in [0.05, 0.1) is 0 Å². The third-order valence-corrected chi connectivity index (χ3v) is 6.40. The number of nitrogens with one attached hydrogen (secondary N) is 2. The summed E-state index contributed by atoms with van der Waals surface area (Å²) in [6, 6.07) is 20.3. The number of aromatic nitrogens is 2. The van der Waals surface area contributed by atoms with Crippen LogP contribution in [0.15, 0.2) is 65.0 Å².